The number of amides is 1. The van der Waals surface area contributed by atoms with Crippen molar-refractivity contribution in [3.05, 3.63) is 28.2 Å². The maximum atomic E-state index is 11.9. The van der Waals surface area contributed by atoms with E-state index in [9.17, 15) is 9.59 Å². The summed E-state index contributed by atoms with van der Waals surface area (Å²) < 4.78 is 10.4. The van der Waals surface area contributed by atoms with Gasteiger partial charge in [-0.1, -0.05) is 37.0 Å². The summed E-state index contributed by atoms with van der Waals surface area (Å²) in [5, 5.41) is 3.55. The Morgan fingerprint density at radius 1 is 1.22 bits per heavy atom. The number of ether oxygens (including phenoxy) is 2. The molecule has 23 heavy (non-hydrogen) atoms. The van der Waals surface area contributed by atoms with Crippen molar-refractivity contribution in [2.24, 2.45) is 0 Å². The smallest absolute Gasteiger partial charge is 0.347 e. The van der Waals surface area contributed by atoms with Gasteiger partial charge < -0.3 is 14.8 Å². The van der Waals surface area contributed by atoms with Crippen LogP contribution in [0.1, 0.15) is 33.6 Å². The maximum Gasteiger partial charge on any atom is 0.347 e. The minimum Gasteiger partial charge on any atom is -0.477 e. The van der Waals surface area contributed by atoms with E-state index in [4.69, 9.17) is 32.7 Å². The fourth-order valence-electron chi connectivity index (χ4n) is 1.83. The highest BCUT2D eigenvalue weighted by molar-refractivity contribution is 6.35. The lowest BCUT2D eigenvalue weighted by atomic mass is 10.2. The molecule has 0 fully saturated rings. The van der Waals surface area contributed by atoms with E-state index in [1.165, 1.54) is 13.0 Å². The van der Waals surface area contributed by atoms with Gasteiger partial charge in [-0.15, -0.1) is 0 Å². The van der Waals surface area contributed by atoms with E-state index in [1.807, 2.05) is 13.8 Å². The molecule has 1 rings (SSSR count). The minimum absolute atomic E-state index is 0.0859. The zero-order chi connectivity index (χ0) is 17.4. The fraction of sp³-hybridized carbons (Fsp3) is 0.500. The first-order valence-corrected chi connectivity index (χ1v) is 8.20. The van der Waals surface area contributed by atoms with Gasteiger partial charge in [-0.3, -0.25) is 4.79 Å². The zero-order valence-corrected chi connectivity index (χ0v) is 14.9. The first kappa shape index (κ1) is 19.6. The summed E-state index contributed by atoms with van der Waals surface area (Å²) in [5.74, 6) is -0.651. The molecular weight excluding hydrogens is 341 g/mol. The second-order valence-electron chi connectivity index (χ2n) is 5.02. The molecule has 0 aliphatic rings. The van der Waals surface area contributed by atoms with Crippen LogP contribution < -0.4 is 10.1 Å². The SMILES string of the molecule is CCC(CC)NC(=O)COC(=O)[C@H](C)Oc1ccc(Cl)cc1Cl. The first-order valence-electron chi connectivity index (χ1n) is 7.45. The molecular formula is C16H21Cl2NO4. The van der Waals surface area contributed by atoms with E-state index in [-0.39, 0.29) is 18.6 Å². The molecule has 5 nitrogen and oxygen atoms in total. The second kappa shape index (κ2) is 9.63. The Kier molecular flexibility index (Phi) is 8.20. The van der Waals surface area contributed by atoms with Crippen LogP contribution in [-0.2, 0) is 14.3 Å². The Balaban J connectivity index is 2.46. The Hall–Kier alpha value is -1.46. The largest absolute Gasteiger partial charge is 0.477 e. The van der Waals surface area contributed by atoms with Gasteiger partial charge >= 0.3 is 5.97 Å². The average Bonchev–Trinajstić information content (AvgIpc) is 2.52. The standard InChI is InChI=1S/C16H21Cl2NO4/c1-4-12(5-2)19-15(20)9-22-16(21)10(3)23-14-7-6-11(17)8-13(14)18/h6-8,10,12H,4-5,9H2,1-3H3,(H,19,20)/t10-/m0/s1. The Morgan fingerprint density at radius 3 is 2.43 bits per heavy atom. The van der Waals surface area contributed by atoms with Crippen LogP contribution in [0.3, 0.4) is 0 Å². The molecule has 0 unspecified atom stereocenters. The third-order valence-electron chi connectivity index (χ3n) is 3.23. The normalized spacial score (nSPS) is 11.9. The third-order valence-corrected chi connectivity index (χ3v) is 3.76. The van der Waals surface area contributed by atoms with Gasteiger partial charge in [-0.05, 0) is 38.0 Å². The van der Waals surface area contributed by atoms with Crippen LogP contribution >= 0.6 is 23.2 Å². The van der Waals surface area contributed by atoms with Crippen LogP contribution in [0.4, 0.5) is 0 Å². The number of carbonyl (C=O) groups excluding carboxylic acids is 2. The van der Waals surface area contributed by atoms with Gasteiger partial charge in [0.05, 0.1) is 5.02 Å². The lowest BCUT2D eigenvalue weighted by Gasteiger charge is -2.17. The topological polar surface area (TPSA) is 64.6 Å². The summed E-state index contributed by atoms with van der Waals surface area (Å²) in [6.45, 7) is 5.14. The quantitative estimate of drug-likeness (QED) is 0.718. The predicted octanol–water partition coefficient (Wildman–Crippen LogP) is 3.61. The predicted molar refractivity (Wildman–Crippen MR) is 90.0 cm³/mol. The number of halogens is 2. The fourth-order valence-corrected chi connectivity index (χ4v) is 2.28. The molecule has 0 aliphatic carbocycles. The number of rotatable bonds is 8. The third kappa shape index (κ3) is 6.67. The number of nitrogens with one attached hydrogen (secondary N) is 1. The van der Waals surface area contributed by atoms with Crippen molar-refractivity contribution < 1.29 is 19.1 Å². The lowest BCUT2D eigenvalue weighted by Crippen LogP contribution is -2.38. The summed E-state index contributed by atoms with van der Waals surface area (Å²) in [5.41, 5.74) is 0. The summed E-state index contributed by atoms with van der Waals surface area (Å²) in [6.07, 6.45) is 0.754. The van der Waals surface area contributed by atoms with Crippen molar-refractivity contribution >= 4 is 35.1 Å². The van der Waals surface area contributed by atoms with Crippen LogP contribution in [0.25, 0.3) is 0 Å². The molecule has 1 aromatic carbocycles. The zero-order valence-electron chi connectivity index (χ0n) is 13.4. The number of benzene rings is 1. The van der Waals surface area contributed by atoms with Crippen molar-refractivity contribution in [2.45, 2.75) is 45.8 Å². The van der Waals surface area contributed by atoms with Crippen LogP contribution in [0.5, 0.6) is 5.75 Å². The summed E-state index contributed by atoms with van der Waals surface area (Å²) >= 11 is 11.8. The van der Waals surface area contributed by atoms with Gasteiger partial charge in [0.15, 0.2) is 12.7 Å². The average molecular weight is 362 g/mol. The van der Waals surface area contributed by atoms with Gasteiger partial charge in [0.25, 0.3) is 5.91 Å². The molecule has 0 aliphatic heterocycles. The van der Waals surface area contributed by atoms with E-state index >= 15 is 0 Å². The molecule has 0 bridgehead atoms. The highest BCUT2D eigenvalue weighted by Gasteiger charge is 2.19. The van der Waals surface area contributed by atoms with Gasteiger partial charge in [0.2, 0.25) is 0 Å². The number of carbonyl (C=O) groups is 2. The highest BCUT2D eigenvalue weighted by atomic mass is 35.5. The van der Waals surface area contributed by atoms with E-state index in [2.05, 4.69) is 5.32 Å². The van der Waals surface area contributed by atoms with Crippen molar-refractivity contribution in [1.82, 2.24) is 5.32 Å². The van der Waals surface area contributed by atoms with Gasteiger partial charge in [-0.25, -0.2) is 4.79 Å². The summed E-state index contributed by atoms with van der Waals surface area (Å²) in [6, 6.07) is 4.76. The monoisotopic (exact) mass is 361 g/mol. The second-order valence-corrected chi connectivity index (χ2v) is 5.87. The molecule has 0 saturated carbocycles. The molecule has 0 heterocycles. The molecule has 1 aromatic rings. The lowest BCUT2D eigenvalue weighted by molar-refractivity contribution is -0.154. The van der Waals surface area contributed by atoms with Crippen molar-refractivity contribution in [3.8, 4) is 5.75 Å². The van der Waals surface area contributed by atoms with Gasteiger partial charge in [-0.2, -0.15) is 0 Å². The van der Waals surface area contributed by atoms with Crippen LogP contribution in [0.15, 0.2) is 18.2 Å². The number of esters is 1. The van der Waals surface area contributed by atoms with Crippen LogP contribution in [0.2, 0.25) is 10.0 Å². The van der Waals surface area contributed by atoms with Crippen molar-refractivity contribution in [1.29, 1.82) is 0 Å². The minimum atomic E-state index is -0.894. The maximum absolute atomic E-state index is 11.9. The number of hydrogen-bond acceptors (Lipinski definition) is 4. The van der Waals surface area contributed by atoms with Gasteiger partial charge in [0.1, 0.15) is 5.75 Å². The van der Waals surface area contributed by atoms with Gasteiger partial charge in [0, 0.05) is 11.1 Å². The molecule has 1 atom stereocenters. The molecule has 0 aromatic heterocycles. The Labute approximate surface area is 146 Å². The molecule has 128 valence electrons. The van der Waals surface area contributed by atoms with E-state index in [1.54, 1.807) is 12.1 Å². The Morgan fingerprint density at radius 2 is 1.87 bits per heavy atom. The molecule has 1 N–H and O–H groups in total. The van der Waals surface area contributed by atoms with Crippen molar-refractivity contribution in [3.63, 3.8) is 0 Å². The van der Waals surface area contributed by atoms with Crippen LogP contribution in [0, 0.1) is 0 Å². The van der Waals surface area contributed by atoms with E-state index in [0.29, 0.717) is 15.8 Å². The molecule has 0 spiro atoms. The molecule has 0 saturated heterocycles. The number of hydrogen-bond donors (Lipinski definition) is 1. The molecule has 7 heteroatoms. The van der Waals surface area contributed by atoms with Crippen molar-refractivity contribution in [2.75, 3.05) is 6.61 Å². The molecule has 1 amide bonds. The summed E-state index contributed by atoms with van der Waals surface area (Å²) in [4.78, 5) is 23.5. The van der Waals surface area contributed by atoms with E-state index < -0.39 is 12.1 Å². The molecule has 0 radical (unpaired) electrons. The van der Waals surface area contributed by atoms with E-state index in [0.717, 1.165) is 12.8 Å². The first-order chi connectivity index (χ1) is 10.9. The van der Waals surface area contributed by atoms with Crippen LogP contribution in [-0.4, -0.2) is 30.6 Å². The highest BCUT2D eigenvalue weighted by Crippen LogP contribution is 2.28. The summed E-state index contributed by atoms with van der Waals surface area (Å²) in [7, 11) is 0. The Bertz CT molecular complexity index is 547.